The van der Waals surface area contributed by atoms with Crippen LogP contribution in [0.3, 0.4) is 0 Å². The van der Waals surface area contributed by atoms with Crippen molar-refractivity contribution in [2.45, 2.75) is 13.8 Å². The van der Waals surface area contributed by atoms with Crippen molar-refractivity contribution in [3.8, 4) is 5.75 Å². The highest BCUT2D eigenvalue weighted by Crippen LogP contribution is 2.23. The van der Waals surface area contributed by atoms with Crippen molar-refractivity contribution < 1.29 is 17.9 Å². The molecule has 0 atom stereocenters. The van der Waals surface area contributed by atoms with Crippen molar-refractivity contribution in [3.63, 3.8) is 0 Å². The fourth-order valence-electron chi connectivity index (χ4n) is 2.50. The topological polar surface area (TPSA) is 88.1 Å². The summed E-state index contributed by atoms with van der Waals surface area (Å²) in [7, 11) is -2.05. The van der Waals surface area contributed by atoms with Gasteiger partial charge in [-0.2, -0.15) is 5.10 Å². The monoisotopic (exact) mass is 389 g/mol. The maximum absolute atomic E-state index is 12.2. The highest BCUT2D eigenvalue weighted by molar-refractivity contribution is 7.92. The molecule has 2 rings (SSSR count). The molecule has 2 aromatic rings. The van der Waals surface area contributed by atoms with Crippen LogP contribution in [0.15, 0.2) is 47.6 Å². The summed E-state index contributed by atoms with van der Waals surface area (Å²) in [5.74, 6) is 0.179. The molecular formula is C19H23N3O4S. The Bertz CT molecular complexity index is 938. The van der Waals surface area contributed by atoms with Gasteiger partial charge in [-0.1, -0.05) is 17.7 Å². The molecule has 0 saturated heterocycles. The fraction of sp³-hybridized carbons (Fsp3) is 0.263. The largest absolute Gasteiger partial charge is 0.497 e. The Morgan fingerprint density at radius 3 is 2.41 bits per heavy atom. The van der Waals surface area contributed by atoms with E-state index in [9.17, 15) is 13.2 Å². The lowest BCUT2D eigenvalue weighted by Crippen LogP contribution is -2.39. The molecule has 2 aromatic carbocycles. The Morgan fingerprint density at radius 1 is 1.19 bits per heavy atom. The molecule has 0 heterocycles. The Morgan fingerprint density at radius 2 is 1.85 bits per heavy atom. The number of carbonyl (C=O) groups excluding carboxylic acids is 1. The number of hydrogen-bond acceptors (Lipinski definition) is 5. The zero-order valence-corrected chi connectivity index (χ0v) is 16.6. The van der Waals surface area contributed by atoms with Gasteiger partial charge in [0, 0.05) is 0 Å². The van der Waals surface area contributed by atoms with Gasteiger partial charge in [-0.15, -0.1) is 0 Å². The third-order valence-electron chi connectivity index (χ3n) is 3.83. The smallest absolute Gasteiger partial charge is 0.260 e. The molecule has 1 amide bonds. The first-order valence-electron chi connectivity index (χ1n) is 8.21. The zero-order valence-electron chi connectivity index (χ0n) is 15.8. The molecule has 0 aliphatic carbocycles. The van der Waals surface area contributed by atoms with Crippen LogP contribution in [-0.4, -0.2) is 40.4 Å². The number of sulfonamides is 1. The summed E-state index contributed by atoms with van der Waals surface area (Å²) in [6.07, 6.45) is 2.54. The highest BCUT2D eigenvalue weighted by Gasteiger charge is 2.22. The average molecular weight is 389 g/mol. The summed E-state index contributed by atoms with van der Waals surface area (Å²) in [6, 6.07) is 12.5. The Kier molecular flexibility index (Phi) is 6.57. The van der Waals surface area contributed by atoms with E-state index in [1.807, 2.05) is 13.0 Å². The van der Waals surface area contributed by atoms with Crippen LogP contribution in [0.4, 0.5) is 5.69 Å². The van der Waals surface area contributed by atoms with Gasteiger partial charge in [0.15, 0.2) is 0 Å². The van der Waals surface area contributed by atoms with Crippen LogP contribution in [0.2, 0.25) is 0 Å². The Balaban J connectivity index is 2.08. The van der Waals surface area contributed by atoms with E-state index in [1.165, 1.54) is 6.21 Å². The predicted molar refractivity (Wildman–Crippen MR) is 107 cm³/mol. The number of nitrogens with zero attached hydrogens (tertiary/aromatic N) is 2. The molecule has 1 N–H and O–H groups in total. The fourth-order valence-corrected chi connectivity index (χ4v) is 3.41. The third kappa shape index (κ3) is 5.82. The number of hydrogen-bond donors (Lipinski definition) is 1. The number of ether oxygens (including phenoxy) is 1. The van der Waals surface area contributed by atoms with Crippen LogP contribution in [0.1, 0.15) is 16.7 Å². The lowest BCUT2D eigenvalue weighted by molar-refractivity contribution is -0.119. The van der Waals surface area contributed by atoms with Crippen LogP contribution >= 0.6 is 0 Å². The molecule has 7 nitrogen and oxygen atoms in total. The third-order valence-corrected chi connectivity index (χ3v) is 4.95. The number of methoxy groups -OCH3 is 1. The minimum absolute atomic E-state index is 0.358. The maximum Gasteiger partial charge on any atom is 0.260 e. The molecule has 0 spiro atoms. The van der Waals surface area contributed by atoms with Gasteiger partial charge >= 0.3 is 0 Å². The molecule has 0 unspecified atom stereocenters. The van der Waals surface area contributed by atoms with E-state index in [2.05, 4.69) is 10.5 Å². The van der Waals surface area contributed by atoms with Crippen molar-refractivity contribution >= 4 is 27.8 Å². The van der Waals surface area contributed by atoms with E-state index >= 15 is 0 Å². The molecule has 8 heteroatoms. The maximum atomic E-state index is 12.2. The van der Waals surface area contributed by atoms with Gasteiger partial charge in [-0.25, -0.2) is 13.8 Å². The first-order chi connectivity index (χ1) is 12.7. The van der Waals surface area contributed by atoms with E-state index in [4.69, 9.17) is 4.74 Å². The van der Waals surface area contributed by atoms with E-state index in [1.54, 1.807) is 50.4 Å². The number of benzene rings is 2. The second kappa shape index (κ2) is 8.68. The number of amides is 1. The second-order valence-corrected chi connectivity index (χ2v) is 8.03. The van der Waals surface area contributed by atoms with E-state index < -0.39 is 15.9 Å². The van der Waals surface area contributed by atoms with Gasteiger partial charge in [0.2, 0.25) is 10.0 Å². The second-order valence-electron chi connectivity index (χ2n) is 6.13. The Labute approximate surface area is 159 Å². The molecule has 0 aliphatic heterocycles. The molecule has 0 aromatic heterocycles. The first-order valence-corrected chi connectivity index (χ1v) is 10.1. The number of rotatable bonds is 7. The lowest BCUT2D eigenvalue weighted by Gasteiger charge is -2.23. The van der Waals surface area contributed by atoms with Crippen LogP contribution < -0.4 is 14.5 Å². The molecule has 0 saturated carbocycles. The van der Waals surface area contributed by atoms with Gasteiger partial charge < -0.3 is 4.74 Å². The number of carbonyl (C=O) groups is 1. The molecule has 0 fully saturated rings. The van der Waals surface area contributed by atoms with Crippen molar-refractivity contribution in [3.05, 3.63) is 59.2 Å². The van der Waals surface area contributed by atoms with Crippen molar-refractivity contribution in [1.82, 2.24) is 5.43 Å². The number of anilines is 1. The standard InChI is InChI=1S/C19H23N3O4S/c1-14-5-10-18(15(2)11-14)22(27(4,24)25)13-19(23)21-20-12-16-6-8-17(26-3)9-7-16/h5-12H,13H2,1-4H3,(H,21,23)/b20-12-. The average Bonchev–Trinajstić information content (AvgIpc) is 2.60. The molecular weight excluding hydrogens is 366 g/mol. The minimum Gasteiger partial charge on any atom is -0.497 e. The molecule has 144 valence electrons. The highest BCUT2D eigenvalue weighted by atomic mass is 32.2. The van der Waals surface area contributed by atoms with E-state index in [0.29, 0.717) is 11.4 Å². The van der Waals surface area contributed by atoms with Crippen molar-refractivity contribution in [2.24, 2.45) is 5.10 Å². The number of nitrogens with one attached hydrogen (secondary N) is 1. The quantitative estimate of drug-likeness (QED) is 0.581. The van der Waals surface area contributed by atoms with Crippen molar-refractivity contribution in [1.29, 1.82) is 0 Å². The minimum atomic E-state index is -3.63. The number of aryl methyl sites for hydroxylation is 2. The van der Waals surface area contributed by atoms with E-state index in [0.717, 1.165) is 27.3 Å². The van der Waals surface area contributed by atoms with Gasteiger partial charge in [-0.05, 0) is 55.3 Å². The SMILES string of the molecule is COc1ccc(/C=N\NC(=O)CN(c2ccc(C)cc2C)S(C)(=O)=O)cc1. The number of hydrazone groups is 1. The van der Waals surface area contributed by atoms with Crippen molar-refractivity contribution in [2.75, 3.05) is 24.2 Å². The summed E-state index contributed by atoms with van der Waals surface area (Å²) in [5.41, 5.74) is 5.38. The normalized spacial score (nSPS) is 11.4. The van der Waals surface area contributed by atoms with Crippen LogP contribution in [0, 0.1) is 13.8 Å². The van der Waals surface area contributed by atoms with Gasteiger partial charge in [-0.3, -0.25) is 9.10 Å². The first kappa shape index (κ1) is 20.4. The van der Waals surface area contributed by atoms with Gasteiger partial charge in [0.25, 0.3) is 5.91 Å². The van der Waals surface area contributed by atoms with Gasteiger partial charge in [0.05, 0.1) is 25.3 Å². The van der Waals surface area contributed by atoms with Crippen LogP contribution in [0.25, 0.3) is 0 Å². The summed E-state index contributed by atoms with van der Waals surface area (Å²) >= 11 is 0. The summed E-state index contributed by atoms with van der Waals surface area (Å²) in [5, 5.41) is 3.88. The summed E-state index contributed by atoms with van der Waals surface area (Å²) < 4.78 is 30.5. The van der Waals surface area contributed by atoms with Crippen LogP contribution in [0.5, 0.6) is 5.75 Å². The molecule has 0 aliphatic rings. The van der Waals surface area contributed by atoms with E-state index in [-0.39, 0.29) is 6.54 Å². The molecule has 27 heavy (non-hydrogen) atoms. The van der Waals surface area contributed by atoms with Gasteiger partial charge in [0.1, 0.15) is 12.3 Å². The summed E-state index contributed by atoms with van der Waals surface area (Å²) in [4.78, 5) is 12.2. The molecule has 0 radical (unpaired) electrons. The predicted octanol–water partition coefficient (Wildman–Crippen LogP) is 2.23. The summed E-state index contributed by atoms with van der Waals surface area (Å²) in [6.45, 7) is 3.37. The molecule has 0 bridgehead atoms. The zero-order chi connectivity index (χ0) is 20.0. The van der Waals surface area contributed by atoms with Crippen LogP contribution in [-0.2, 0) is 14.8 Å². The lowest BCUT2D eigenvalue weighted by atomic mass is 10.1. The Hall–Kier alpha value is -2.87.